The van der Waals surface area contributed by atoms with Crippen LogP contribution in [-0.2, 0) is 16.0 Å². The van der Waals surface area contributed by atoms with Gasteiger partial charge in [-0.05, 0) is 37.4 Å². The van der Waals surface area contributed by atoms with E-state index < -0.39 is 6.04 Å². The molecule has 24 heavy (non-hydrogen) atoms. The van der Waals surface area contributed by atoms with Gasteiger partial charge >= 0.3 is 0 Å². The van der Waals surface area contributed by atoms with E-state index in [9.17, 15) is 9.59 Å². The Kier molecular flexibility index (Phi) is 6.79. The molecule has 2 N–H and O–H groups in total. The molecule has 2 rings (SSSR count). The maximum Gasteiger partial charge on any atom is 0.245 e. The molecule has 132 valence electrons. The summed E-state index contributed by atoms with van der Waals surface area (Å²) in [5.74, 6) is 0.525. The summed E-state index contributed by atoms with van der Waals surface area (Å²) in [7, 11) is 1.94. The molecule has 1 aliphatic heterocycles. The lowest BCUT2D eigenvalue weighted by atomic mass is 10.0. The van der Waals surface area contributed by atoms with Gasteiger partial charge in [0.25, 0.3) is 0 Å². The highest BCUT2D eigenvalue weighted by Crippen LogP contribution is 2.18. The molecule has 2 amide bonds. The van der Waals surface area contributed by atoms with Gasteiger partial charge in [-0.25, -0.2) is 0 Å². The van der Waals surface area contributed by atoms with Gasteiger partial charge in [0, 0.05) is 13.1 Å². The van der Waals surface area contributed by atoms with E-state index in [4.69, 9.17) is 0 Å². The predicted molar refractivity (Wildman–Crippen MR) is 95.5 cm³/mol. The molecule has 0 aromatic heterocycles. The quantitative estimate of drug-likeness (QED) is 0.795. The van der Waals surface area contributed by atoms with E-state index in [-0.39, 0.29) is 17.7 Å². The second-order valence-corrected chi connectivity index (χ2v) is 6.95. The van der Waals surface area contributed by atoms with Crippen LogP contribution in [0.2, 0.25) is 0 Å². The number of likely N-dealkylation sites (tertiary alicyclic amines) is 1. The first-order chi connectivity index (χ1) is 11.5. The normalized spacial score (nSPS) is 18.7. The first-order valence-corrected chi connectivity index (χ1v) is 8.78. The van der Waals surface area contributed by atoms with E-state index >= 15 is 0 Å². The third-order valence-corrected chi connectivity index (χ3v) is 4.55. The van der Waals surface area contributed by atoms with Gasteiger partial charge in [0.15, 0.2) is 0 Å². The summed E-state index contributed by atoms with van der Waals surface area (Å²) in [5, 5.41) is 6.12. The second kappa shape index (κ2) is 8.83. The van der Waals surface area contributed by atoms with Gasteiger partial charge in [-0.2, -0.15) is 0 Å². The van der Waals surface area contributed by atoms with Crippen molar-refractivity contribution >= 4 is 11.8 Å². The van der Waals surface area contributed by atoms with Crippen molar-refractivity contribution in [3.8, 4) is 0 Å². The monoisotopic (exact) mass is 331 g/mol. The SMILES string of the molecule is CNCC1CCN(C(=O)C(NC(=O)Cc2ccccc2)C(C)C)C1. The molecule has 0 bridgehead atoms. The molecule has 0 aliphatic carbocycles. The number of carbonyl (C=O) groups excluding carboxylic acids is 2. The van der Waals surface area contributed by atoms with Crippen molar-refractivity contribution in [3.05, 3.63) is 35.9 Å². The number of benzene rings is 1. The molecule has 0 radical (unpaired) electrons. The zero-order valence-electron chi connectivity index (χ0n) is 14.9. The van der Waals surface area contributed by atoms with Gasteiger partial charge in [0.05, 0.1) is 6.42 Å². The maximum absolute atomic E-state index is 12.8. The van der Waals surface area contributed by atoms with Crippen LogP contribution >= 0.6 is 0 Å². The molecule has 5 nitrogen and oxygen atoms in total. The Morgan fingerprint density at radius 3 is 2.58 bits per heavy atom. The first kappa shape index (κ1) is 18.5. The molecule has 1 saturated heterocycles. The minimum Gasteiger partial charge on any atom is -0.344 e. The third kappa shape index (κ3) is 5.06. The third-order valence-electron chi connectivity index (χ3n) is 4.55. The Labute approximate surface area is 144 Å². The highest BCUT2D eigenvalue weighted by Gasteiger charge is 2.32. The summed E-state index contributed by atoms with van der Waals surface area (Å²) in [6, 6.07) is 9.16. The molecule has 1 fully saturated rings. The topological polar surface area (TPSA) is 61.4 Å². The Morgan fingerprint density at radius 1 is 1.25 bits per heavy atom. The number of nitrogens with zero attached hydrogens (tertiary/aromatic N) is 1. The van der Waals surface area contributed by atoms with Crippen molar-refractivity contribution in [1.29, 1.82) is 0 Å². The summed E-state index contributed by atoms with van der Waals surface area (Å²) in [4.78, 5) is 27.0. The largest absolute Gasteiger partial charge is 0.344 e. The minimum atomic E-state index is -0.449. The van der Waals surface area contributed by atoms with Gasteiger partial charge in [-0.15, -0.1) is 0 Å². The predicted octanol–water partition coefficient (Wildman–Crippen LogP) is 1.44. The highest BCUT2D eigenvalue weighted by molar-refractivity contribution is 5.88. The first-order valence-electron chi connectivity index (χ1n) is 8.78. The molecule has 1 aliphatic rings. The lowest BCUT2D eigenvalue weighted by molar-refractivity contribution is -0.136. The average Bonchev–Trinajstić information content (AvgIpc) is 3.02. The van der Waals surface area contributed by atoms with Crippen LogP contribution in [0.3, 0.4) is 0 Å². The molecule has 2 unspecified atom stereocenters. The van der Waals surface area contributed by atoms with Gasteiger partial charge in [0.1, 0.15) is 6.04 Å². The Bertz CT molecular complexity index is 545. The van der Waals surface area contributed by atoms with E-state index in [1.807, 2.05) is 56.1 Å². The fourth-order valence-electron chi connectivity index (χ4n) is 3.20. The van der Waals surface area contributed by atoms with Crippen LogP contribution in [0, 0.1) is 11.8 Å². The van der Waals surface area contributed by atoms with Crippen molar-refractivity contribution in [2.45, 2.75) is 32.7 Å². The Morgan fingerprint density at radius 2 is 1.96 bits per heavy atom. The van der Waals surface area contributed by atoms with Crippen molar-refractivity contribution in [3.63, 3.8) is 0 Å². The number of nitrogens with one attached hydrogen (secondary N) is 2. The zero-order chi connectivity index (χ0) is 17.5. The summed E-state index contributed by atoms with van der Waals surface area (Å²) in [6.45, 7) is 6.44. The van der Waals surface area contributed by atoms with Gasteiger partial charge in [0.2, 0.25) is 11.8 Å². The molecule has 0 saturated carbocycles. The fraction of sp³-hybridized carbons (Fsp3) is 0.579. The van der Waals surface area contributed by atoms with Crippen LogP contribution in [-0.4, -0.2) is 49.4 Å². The van der Waals surface area contributed by atoms with E-state index in [0.717, 1.165) is 31.6 Å². The molecule has 1 aromatic rings. The molecule has 5 heteroatoms. The van der Waals surface area contributed by atoms with Gasteiger partial charge < -0.3 is 15.5 Å². The smallest absolute Gasteiger partial charge is 0.245 e. The highest BCUT2D eigenvalue weighted by atomic mass is 16.2. The standard InChI is InChI=1S/C19H29N3O2/c1-14(2)18(19(24)22-10-9-16(13-22)12-20-3)21-17(23)11-15-7-5-4-6-8-15/h4-8,14,16,18,20H,9-13H2,1-3H3,(H,21,23). The van der Waals surface area contributed by atoms with Crippen molar-refractivity contribution in [2.75, 3.05) is 26.7 Å². The van der Waals surface area contributed by atoms with Crippen molar-refractivity contribution < 1.29 is 9.59 Å². The summed E-state index contributed by atoms with van der Waals surface area (Å²) in [6.07, 6.45) is 1.33. The molecule has 1 aromatic carbocycles. The van der Waals surface area contributed by atoms with Crippen LogP contribution in [0.15, 0.2) is 30.3 Å². The van der Waals surface area contributed by atoms with Gasteiger partial charge in [-0.3, -0.25) is 9.59 Å². The van der Waals surface area contributed by atoms with Crippen LogP contribution in [0.5, 0.6) is 0 Å². The number of hydrogen-bond acceptors (Lipinski definition) is 3. The van der Waals surface area contributed by atoms with Crippen molar-refractivity contribution in [1.82, 2.24) is 15.5 Å². The number of hydrogen-bond donors (Lipinski definition) is 2. The number of carbonyl (C=O) groups is 2. The van der Waals surface area contributed by atoms with Gasteiger partial charge in [-0.1, -0.05) is 44.2 Å². The lowest BCUT2D eigenvalue weighted by Crippen LogP contribution is -2.51. The van der Waals surface area contributed by atoms with E-state index in [0.29, 0.717) is 12.3 Å². The van der Waals surface area contributed by atoms with E-state index in [1.54, 1.807) is 0 Å². The Hall–Kier alpha value is -1.88. The molecule has 0 spiro atoms. The molecule has 1 heterocycles. The van der Waals surface area contributed by atoms with Crippen LogP contribution in [0.25, 0.3) is 0 Å². The van der Waals surface area contributed by atoms with Crippen LogP contribution in [0.4, 0.5) is 0 Å². The lowest BCUT2D eigenvalue weighted by Gasteiger charge is -2.27. The summed E-state index contributed by atoms with van der Waals surface area (Å²) in [5.41, 5.74) is 0.959. The Balaban J connectivity index is 1.94. The molecule has 2 atom stereocenters. The average molecular weight is 331 g/mol. The minimum absolute atomic E-state index is 0.0463. The zero-order valence-corrected chi connectivity index (χ0v) is 14.9. The van der Waals surface area contributed by atoms with E-state index in [1.165, 1.54) is 0 Å². The summed E-state index contributed by atoms with van der Waals surface area (Å²) < 4.78 is 0. The molecular weight excluding hydrogens is 302 g/mol. The van der Waals surface area contributed by atoms with Crippen molar-refractivity contribution in [2.24, 2.45) is 11.8 Å². The maximum atomic E-state index is 12.8. The van der Waals surface area contributed by atoms with Crippen LogP contribution in [0.1, 0.15) is 25.8 Å². The fourth-order valence-corrected chi connectivity index (χ4v) is 3.20. The number of amides is 2. The second-order valence-electron chi connectivity index (χ2n) is 6.95. The van der Waals surface area contributed by atoms with Crippen LogP contribution < -0.4 is 10.6 Å². The number of rotatable bonds is 7. The summed E-state index contributed by atoms with van der Waals surface area (Å²) >= 11 is 0. The van der Waals surface area contributed by atoms with E-state index in [2.05, 4.69) is 10.6 Å². The molecular formula is C19H29N3O2.